The topological polar surface area (TPSA) is 131 Å². The lowest BCUT2D eigenvalue weighted by atomic mass is 10.1. The van der Waals surface area contributed by atoms with Gasteiger partial charge in [0.05, 0.1) is 17.1 Å². The quantitative estimate of drug-likeness (QED) is 0.342. The van der Waals surface area contributed by atoms with Gasteiger partial charge in [0.15, 0.2) is 6.61 Å². The van der Waals surface area contributed by atoms with Gasteiger partial charge in [-0.25, -0.2) is 4.79 Å². The lowest BCUT2D eigenvalue weighted by molar-refractivity contribution is -0.384. The van der Waals surface area contributed by atoms with Crippen molar-refractivity contribution in [1.82, 2.24) is 0 Å². The zero-order chi connectivity index (χ0) is 20.5. The Bertz CT molecular complexity index is 868. The summed E-state index contributed by atoms with van der Waals surface area (Å²) in [4.78, 5) is 34.7. The standard InChI is InChI=1S/C19H21N3O6/c1-2-13-4-3-5-14(10-13)21-18(24)12-28-19(25)16-11-15(22(26)27)6-7-17(16)20-8-9-23/h3-7,10-11,20,23H,2,8-9,12H2,1H3,(H,21,24). The van der Waals surface area contributed by atoms with Crippen molar-refractivity contribution in [2.45, 2.75) is 13.3 Å². The van der Waals surface area contributed by atoms with E-state index in [9.17, 15) is 19.7 Å². The highest BCUT2D eigenvalue weighted by atomic mass is 16.6. The van der Waals surface area contributed by atoms with Crippen molar-refractivity contribution in [3.63, 3.8) is 0 Å². The van der Waals surface area contributed by atoms with Crippen molar-refractivity contribution in [1.29, 1.82) is 0 Å². The van der Waals surface area contributed by atoms with Crippen LogP contribution in [0.4, 0.5) is 17.1 Å². The molecule has 9 nitrogen and oxygen atoms in total. The molecule has 2 aromatic rings. The first-order chi connectivity index (χ1) is 13.4. The Balaban J connectivity index is 2.05. The van der Waals surface area contributed by atoms with E-state index < -0.39 is 23.4 Å². The summed E-state index contributed by atoms with van der Waals surface area (Å²) < 4.78 is 5.00. The molecule has 0 aliphatic carbocycles. The molecule has 2 aromatic carbocycles. The highest BCUT2D eigenvalue weighted by Gasteiger charge is 2.19. The third kappa shape index (κ3) is 5.78. The molecule has 9 heteroatoms. The van der Waals surface area contributed by atoms with E-state index in [4.69, 9.17) is 9.84 Å². The molecular formula is C19H21N3O6. The first-order valence-electron chi connectivity index (χ1n) is 8.63. The molecule has 0 bridgehead atoms. The van der Waals surface area contributed by atoms with Crippen LogP contribution in [0.15, 0.2) is 42.5 Å². The van der Waals surface area contributed by atoms with Crippen LogP contribution in [-0.2, 0) is 16.0 Å². The molecule has 0 radical (unpaired) electrons. The number of hydrogen-bond donors (Lipinski definition) is 3. The van der Waals surface area contributed by atoms with Gasteiger partial charge in [0.1, 0.15) is 0 Å². The van der Waals surface area contributed by atoms with Crippen LogP contribution in [0.2, 0.25) is 0 Å². The van der Waals surface area contributed by atoms with Gasteiger partial charge in [-0.2, -0.15) is 0 Å². The third-order valence-electron chi connectivity index (χ3n) is 3.81. The Morgan fingerprint density at radius 3 is 2.68 bits per heavy atom. The van der Waals surface area contributed by atoms with E-state index in [2.05, 4.69) is 10.6 Å². The predicted molar refractivity (Wildman–Crippen MR) is 103 cm³/mol. The van der Waals surface area contributed by atoms with E-state index in [-0.39, 0.29) is 30.1 Å². The highest BCUT2D eigenvalue weighted by molar-refractivity contribution is 5.99. The number of anilines is 2. The number of aryl methyl sites for hydroxylation is 1. The molecule has 0 aliphatic rings. The average Bonchev–Trinajstić information content (AvgIpc) is 2.70. The summed E-state index contributed by atoms with van der Waals surface area (Å²) in [7, 11) is 0. The molecule has 148 valence electrons. The van der Waals surface area contributed by atoms with Gasteiger partial charge in [-0.05, 0) is 30.2 Å². The number of aliphatic hydroxyl groups excluding tert-OH is 1. The van der Waals surface area contributed by atoms with E-state index in [1.54, 1.807) is 6.07 Å². The molecule has 0 aliphatic heterocycles. The van der Waals surface area contributed by atoms with Gasteiger partial charge in [-0.15, -0.1) is 0 Å². The number of esters is 1. The van der Waals surface area contributed by atoms with Crippen molar-refractivity contribution in [2.75, 3.05) is 30.4 Å². The zero-order valence-electron chi connectivity index (χ0n) is 15.3. The first kappa shape index (κ1) is 20.8. The minimum absolute atomic E-state index is 0.0940. The lowest BCUT2D eigenvalue weighted by Gasteiger charge is -2.11. The minimum Gasteiger partial charge on any atom is -0.452 e. The normalized spacial score (nSPS) is 10.2. The van der Waals surface area contributed by atoms with Crippen LogP contribution in [0.5, 0.6) is 0 Å². The maximum Gasteiger partial charge on any atom is 0.341 e. The largest absolute Gasteiger partial charge is 0.452 e. The number of aliphatic hydroxyl groups is 1. The van der Waals surface area contributed by atoms with Gasteiger partial charge >= 0.3 is 5.97 Å². The third-order valence-corrected chi connectivity index (χ3v) is 3.81. The number of ether oxygens (including phenoxy) is 1. The van der Waals surface area contributed by atoms with Gasteiger partial charge < -0.3 is 20.5 Å². The first-order valence-corrected chi connectivity index (χ1v) is 8.63. The van der Waals surface area contributed by atoms with E-state index in [0.29, 0.717) is 5.69 Å². The van der Waals surface area contributed by atoms with Crippen LogP contribution < -0.4 is 10.6 Å². The van der Waals surface area contributed by atoms with E-state index in [0.717, 1.165) is 18.1 Å². The molecule has 3 N–H and O–H groups in total. The molecule has 0 heterocycles. The van der Waals surface area contributed by atoms with Crippen molar-refractivity contribution >= 4 is 28.9 Å². The van der Waals surface area contributed by atoms with Crippen LogP contribution in [0.25, 0.3) is 0 Å². The molecule has 0 atom stereocenters. The number of amides is 1. The second kappa shape index (κ2) is 10.0. The van der Waals surface area contributed by atoms with Crippen LogP contribution in [0.1, 0.15) is 22.8 Å². The molecule has 0 unspecified atom stereocenters. The second-order valence-electron chi connectivity index (χ2n) is 5.82. The number of nitro benzene ring substituents is 1. The Kier molecular flexibility index (Phi) is 7.46. The lowest BCUT2D eigenvalue weighted by Crippen LogP contribution is -2.21. The second-order valence-corrected chi connectivity index (χ2v) is 5.82. The van der Waals surface area contributed by atoms with Gasteiger partial charge in [-0.1, -0.05) is 19.1 Å². The van der Waals surface area contributed by atoms with Gasteiger partial charge in [0, 0.05) is 30.1 Å². The molecule has 1 amide bonds. The molecule has 0 spiro atoms. The number of rotatable bonds is 9. The predicted octanol–water partition coefficient (Wildman–Crippen LogP) is 2.36. The van der Waals surface area contributed by atoms with Crippen LogP contribution in [0.3, 0.4) is 0 Å². The molecule has 0 aromatic heterocycles. The minimum atomic E-state index is -0.887. The molecule has 0 saturated carbocycles. The number of nitrogens with zero attached hydrogens (tertiary/aromatic N) is 1. The van der Waals surface area contributed by atoms with Crippen LogP contribution in [-0.4, -0.2) is 41.7 Å². The number of hydrogen-bond acceptors (Lipinski definition) is 7. The summed E-state index contributed by atoms with van der Waals surface area (Å²) in [6, 6.07) is 10.9. The smallest absolute Gasteiger partial charge is 0.341 e. The maximum absolute atomic E-state index is 12.3. The highest BCUT2D eigenvalue weighted by Crippen LogP contribution is 2.23. The summed E-state index contributed by atoms with van der Waals surface area (Å²) in [6.07, 6.45) is 0.815. The number of carbonyl (C=O) groups excluding carboxylic acids is 2. The average molecular weight is 387 g/mol. The molecule has 28 heavy (non-hydrogen) atoms. The zero-order valence-corrected chi connectivity index (χ0v) is 15.3. The maximum atomic E-state index is 12.3. The molecule has 2 rings (SSSR count). The van der Waals surface area contributed by atoms with Crippen molar-refractivity contribution < 1.29 is 24.4 Å². The summed E-state index contributed by atoms with van der Waals surface area (Å²) in [5.41, 5.74) is 1.51. The van der Waals surface area contributed by atoms with Gasteiger partial charge in [-0.3, -0.25) is 14.9 Å². The number of non-ortho nitro benzene ring substituents is 1. The summed E-state index contributed by atoms with van der Waals surface area (Å²) in [6.45, 7) is 1.40. The number of nitro groups is 1. The van der Waals surface area contributed by atoms with Crippen LogP contribution >= 0.6 is 0 Å². The summed E-state index contributed by atoms with van der Waals surface area (Å²) in [5, 5.41) is 25.3. The van der Waals surface area contributed by atoms with E-state index in [1.807, 2.05) is 25.1 Å². The summed E-state index contributed by atoms with van der Waals surface area (Å²) in [5.74, 6) is -1.42. The van der Waals surface area contributed by atoms with Gasteiger partial charge in [0.25, 0.3) is 11.6 Å². The van der Waals surface area contributed by atoms with E-state index >= 15 is 0 Å². The fourth-order valence-electron chi connectivity index (χ4n) is 2.43. The number of nitrogens with one attached hydrogen (secondary N) is 2. The Morgan fingerprint density at radius 2 is 2.00 bits per heavy atom. The SMILES string of the molecule is CCc1cccc(NC(=O)COC(=O)c2cc([N+](=O)[O-])ccc2NCCO)c1. The Labute approximate surface area is 161 Å². The van der Waals surface area contributed by atoms with Gasteiger partial charge in [0.2, 0.25) is 0 Å². The van der Waals surface area contributed by atoms with Crippen molar-refractivity contribution in [2.24, 2.45) is 0 Å². The number of carbonyl (C=O) groups is 2. The Morgan fingerprint density at radius 1 is 1.21 bits per heavy atom. The molecule has 0 saturated heterocycles. The monoisotopic (exact) mass is 387 g/mol. The Hall–Kier alpha value is -3.46. The fourth-order valence-corrected chi connectivity index (χ4v) is 2.43. The van der Waals surface area contributed by atoms with Crippen molar-refractivity contribution in [3.05, 3.63) is 63.7 Å². The molecular weight excluding hydrogens is 366 g/mol. The molecule has 0 fully saturated rings. The summed E-state index contributed by atoms with van der Waals surface area (Å²) >= 11 is 0. The van der Waals surface area contributed by atoms with Crippen molar-refractivity contribution in [3.8, 4) is 0 Å². The van der Waals surface area contributed by atoms with E-state index in [1.165, 1.54) is 12.1 Å². The van der Waals surface area contributed by atoms with Crippen LogP contribution in [0, 0.1) is 10.1 Å². The number of benzene rings is 2. The fraction of sp³-hybridized carbons (Fsp3) is 0.263.